The van der Waals surface area contributed by atoms with Crippen molar-refractivity contribution in [1.82, 2.24) is 0 Å². The van der Waals surface area contributed by atoms with Gasteiger partial charge >= 0.3 is 11.9 Å². The maximum atomic E-state index is 10.8. The molecule has 0 atom stereocenters. The summed E-state index contributed by atoms with van der Waals surface area (Å²) in [6, 6.07) is 0. The monoisotopic (exact) mass is 190 g/mol. The van der Waals surface area contributed by atoms with Crippen molar-refractivity contribution < 1.29 is 23.8 Å². The van der Waals surface area contributed by atoms with E-state index in [1.807, 2.05) is 0 Å². The molecule has 13 heavy (non-hydrogen) atoms. The highest BCUT2D eigenvalue weighted by atomic mass is 16.5. The molecule has 0 aliphatic rings. The molecule has 0 aromatic heterocycles. The summed E-state index contributed by atoms with van der Waals surface area (Å²) in [4.78, 5) is 21.6. The highest BCUT2D eigenvalue weighted by Gasteiger charge is 2.17. The molecule has 0 aliphatic heterocycles. The van der Waals surface area contributed by atoms with Gasteiger partial charge in [-0.1, -0.05) is 0 Å². The van der Waals surface area contributed by atoms with E-state index in [0.29, 0.717) is 0 Å². The Hall–Kier alpha value is -1.10. The lowest BCUT2D eigenvalue weighted by Gasteiger charge is -2.11. The lowest BCUT2D eigenvalue weighted by atomic mass is 10.2. The number of carbonyl (C=O) groups excluding carboxylic acids is 2. The van der Waals surface area contributed by atoms with Gasteiger partial charge in [0.05, 0.1) is 33.2 Å². The third kappa shape index (κ3) is 5.19. The summed E-state index contributed by atoms with van der Waals surface area (Å²) in [5.74, 6) is -0.813. The molecule has 0 fully saturated rings. The Morgan fingerprint density at radius 1 is 1.00 bits per heavy atom. The number of hydrogen-bond acceptors (Lipinski definition) is 5. The molecule has 0 bridgehead atoms. The molecular weight excluding hydrogens is 176 g/mol. The fourth-order valence-electron chi connectivity index (χ4n) is 0.777. The van der Waals surface area contributed by atoms with E-state index in [0.717, 1.165) is 0 Å². The molecule has 0 aromatic rings. The van der Waals surface area contributed by atoms with Crippen LogP contribution in [-0.2, 0) is 23.8 Å². The van der Waals surface area contributed by atoms with E-state index in [1.54, 1.807) is 0 Å². The molecule has 0 rings (SSSR count). The smallest absolute Gasteiger partial charge is 0.308 e. The third-order valence-corrected chi connectivity index (χ3v) is 1.58. The molecule has 0 amide bonds. The van der Waals surface area contributed by atoms with Gasteiger partial charge in [-0.2, -0.15) is 0 Å². The fourth-order valence-corrected chi connectivity index (χ4v) is 0.777. The normalized spacial score (nSPS) is 9.85. The van der Waals surface area contributed by atoms with Crippen LogP contribution in [0.2, 0.25) is 0 Å². The van der Waals surface area contributed by atoms with Crippen LogP contribution in [0.5, 0.6) is 0 Å². The van der Waals surface area contributed by atoms with Crippen molar-refractivity contribution >= 4 is 11.9 Å². The van der Waals surface area contributed by atoms with Crippen LogP contribution in [0.25, 0.3) is 0 Å². The Labute approximate surface area is 77.0 Å². The molecule has 5 nitrogen and oxygen atoms in total. The van der Waals surface area contributed by atoms with Crippen LogP contribution in [0.4, 0.5) is 0 Å². The van der Waals surface area contributed by atoms with Crippen LogP contribution in [0.15, 0.2) is 0 Å². The second-order valence-corrected chi connectivity index (χ2v) is 2.42. The maximum absolute atomic E-state index is 10.8. The van der Waals surface area contributed by atoms with Crippen LogP contribution in [0.3, 0.4) is 0 Å². The zero-order chi connectivity index (χ0) is 10.3. The van der Waals surface area contributed by atoms with Gasteiger partial charge in [0, 0.05) is 7.11 Å². The molecule has 0 aromatic carbocycles. The zero-order valence-corrected chi connectivity index (χ0v) is 8.03. The van der Waals surface area contributed by atoms with E-state index in [1.165, 1.54) is 21.3 Å². The quantitative estimate of drug-likeness (QED) is 0.576. The summed E-state index contributed by atoms with van der Waals surface area (Å²) in [6.45, 7) is 0. The summed E-state index contributed by atoms with van der Waals surface area (Å²) >= 11 is 0. The van der Waals surface area contributed by atoms with Gasteiger partial charge in [-0.3, -0.25) is 9.59 Å². The van der Waals surface area contributed by atoms with Crippen molar-refractivity contribution in [2.45, 2.75) is 18.9 Å². The first kappa shape index (κ1) is 11.9. The fraction of sp³-hybridized carbons (Fsp3) is 0.750. The molecular formula is C8H14O5. The minimum Gasteiger partial charge on any atom is -0.469 e. The van der Waals surface area contributed by atoms with E-state index in [2.05, 4.69) is 9.47 Å². The summed E-state index contributed by atoms with van der Waals surface area (Å²) in [7, 11) is 4.00. The second kappa shape index (κ2) is 6.42. The summed E-state index contributed by atoms with van der Waals surface area (Å²) in [5.41, 5.74) is 0. The molecule has 0 saturated heterocycles. The zero-order valence-electron chi connectivity index (χ0n) is 8.03. The largest absolute Gasteiger partial charge is 0.469 e. The van der Waals surface area contributed by atoms with Crippen LogP contribution < -0.4 is 0 Å². The first-order valence-electron chi connectivity index (χ1n) is 3.80. The average molecular weight is 190 g/mol. The molecule has 0 radical (unpaired) electrons. The van der Waals surface area contributed by atoms with Crippen LogP contribution in [-0.4, -0.2) is 39.4 Å². The van der Waals surface area contributed by atoms with E-state index >= 15 is 0 Å². The standard InChI is InChI=1S/C8H14O5/c1-11-6(4-7(9)12-2)5-8(10)13-3/h6H,4-5H2,1-3H3. The van der Waals surface area contributed by atoms with Gasteiger partial charge in [-0.25, -0.2) is 0 Å². The molecule has 76 valence electrons. The van der Waals surface area contributed by atoms with Crippen molar-refractivity contribution in [1.29, 1.82) is 0 Å². The second-order valence-electron chi connectivity index (χ2n) is 2.42. The Kier molecular flexibility index (Phi) is 5.88. The molecule has 5 heteroatoms. The summed E-state index contributed by atoms with van der Waals surface area (Å²) in [5, 5.41) is 0. The average Bonchev–Trinajstić information content (AvgIpc) is 2.16. The first-order chi connectivity index (χ1) is 6.13. The SMILES string of the molecule is COC(=O)CC(CC(=O)OC)OC. The van der Waals surface area contributed by atoms with Crippen molar-refractivity contribution in [2.75, 3.05) is 21.3 Å². The van der Waals surface area contributed by atoms with E-state index in [4.69, 9.17) is 4.74 Å². The number of rotatable bonds is 5. The highest BCUT2D eigenvalue weighted by molar-refractivity contribution is 5.73. The predicted octanol–water partition coefficient (Wildman–Crippen LogP) is 0.128. The van der Waals surface area contributed by atoms with Crippen LogP contribution >= 0.6 is 0 Å². The molecule has 0 aliphatic carbocycles. The van der Waals surface area contributed by atoms with E-state index in [-0.39, 0.29) is 12.8 Å². The van der Waals surface area contributed by atoms with Gasteiger partial charge in [-0.05, 0) is 0 Å². The summed E-state index contributed by atoms with van der Waals surface area (Å²) < 4.78 is 13.7. The minimum atomic E-state index is -0.472. The van der Waals surface area contributed by atoms with Crippen molar-refractivity contribution in [3.8, 4) is 0 Å². The first-order valence-corrected chi connectivity index (χ1v) is 3.80. The predicted molar refractivity (Wildman–Crippen MR) is 44.1 cm³/mol. The molecule has 0 heterocycles. The number of hydrogen-bond donors (Lipinski definition) is 0. The van der Waals surface area contributed by atoms with Gasteiger partial charge < -0.3 is 14.2 Å². The van der Waals surface area contributed by atoms with Crippen molar-refractivity contribution in [3.63, 3.8) is 0 Å². The van der Waals surface area contributed by atoms with Gasteiger partial charge in [0.15, 0.2) is 0 Å². The van der Waals surface area contributed by atoms with Gasteiger partial charge in [-0.15, -0.1) is 0 Å². The topological polar surface area (TPSA) is 61.8 Å². The van der Waals surface area contributed by atoms with Gasteiger partial charge in [0.1, 0.15) is 0 Å². The maximum Gasteiger partial charge on any atom is 0.308 e. The molecule has 0 unspecified atom stereocenters. The van der Waals surface area contributed by atoms with Crippen molar-refractivity contribution in [3.05, 3.63) is 0 Å². The highest BCUT2D eigenvalue weighted by Crippen LogP contribution is 2.04. The lowest BCUT2D eigenvalue weighted by molar-refractivity contribution is -0.147. The summed E-state index contributed by atoms with van der Waals surface area (Å²) in [6.07, 6.45) is -0.357. The van der Waals surface area contributed by atoms with E-state index in [9.17, 15) is 9.59 Å². The van der Waals surface area contributed by atoms with Gasteiger partial charge in [0.2, 0.25) is 0 Å². The number of carbonyl (C=O) groups is 2. The molecule has 0 saturated carbocycles. The van der Waals surface area contributed by atoms with Crippen LogP contribution in [0, 0.1) is 0 Å². The molecule has 0 N–H and O–H groups in total. The number of methoxy groups -OCH3 is 3. The Morgan fingerprint density at radius 3 is 1.62 bits per heavy atom. The van der Waals surface area contributed by atoms with Gasteiger partial charge in [0.25, 0.3) is 0 Å². The minimum absolute atomic E-state index is 0.0576. The van der Waals surface area contributed by atoms with Crippen LogP contribution in [0.1, 0.15) is 12.8 Å². The van der Waals surface area contributed by atoms with E-state index < -0.39 is 18.0 Å². The Morgan fingerprint density at radius 2 is 1.38 bits per heavy atom. The number of esters is 2. The Bertz CT molecular complexity index is 159. The Balaban J connectivity index is 3.89. The lowest BCUT2D eigenvalue weighted by Crippen LogP contribution is -2.21. The number of ether oxygens (including phenoxy) is 3. The molecule has 0 spiro atoms. The third-order valence-electron chi connectivity index (χ3n) is 1.58. The van der Waals surface area contributed by atoms with Crippen molar-refractivity contribution in [2.24, 2.45) is 0 Å².